The predicted octanol–water partition coefficient (Wildman–Crippen LogP) is 11.5. The van der Waals surface area contributed by atoms with E-state index in [9.17, 15) is 0 Å². The molecule has 0 amide bonds. The summed E-state index contributed by atoms with van der Waals surface area (Å²) in [7, 11) is -2.17. The van der Waals surface area contributed by atoms with Gasteiger partial charge in [0.05, 0.1) is 22.4 Å². The van der Waals surface area contributed by atoms with Gasteiger partial charge in [0.1, 0.15) is 64.3 Å². The smallest absolute Gasteiger partial charge is 0.140 e. The van der Waals surface area contributed by atoms with Crippen LogP contribution in [0, 0.1) is 0 Å². The van der Waals surface area contributed by atoms with Crippen molar-refractivity contribution in [3.63, 3.8) is 0 Å². The summed E-state index contributed by atoms with van der Waals surface area (Å²) in [5.74, 6) is 1.78. The van der Waals surface area contributed by atoms with Crippen molar-refractivity contribution >= 4 is 72.8 Å². The molecule has 2 saturated carbocycles. The van der Waals surface area contributed by atoms with Gasteiger partial charge in [-0.05, 0) is 88.0 Å². The summed E-state index contributed by atoms with van der Waals surface area (Å²) in [6.07, 6.45) is 9.28. The van der Waals surface area contributed by atoms with Crippen LogP contribution >= 0.6 is 34.8 Å². The zero-order chi connectivity index (χ0) is 42.4. The van der Waals surface area contributed by atoms with E-state index >= 15 is 0 Å². The van der Waals surface area contributed by atoms with Crippen LogP contribution in [0.4, 0.5) is 0 Å². The Kier molecular flexibility index (Phi) is 14.4. The maximum atomic E-state index is 6.16. The number of fused-ring (bicyclic) bond motifs is 2. The molecule has 0 unspecified atom stereocenters. The highest BCUT2D eigenvalue weighted by Gasteiger charge is 2.40. The fraction of sp³-hybridized carbons (Fsp3) is 0.476. The zero-order valence-corrected chi connectivity index (χ0v) is 39.5. The summed E-state index contributed by atoms with van der Waals surface area (Å²) < 4.78 is 27.6. The Bertz CT molecular complexity index is 2320. The van der Waals surface area contributed by atoms with Gasteiger partial charge in [-0.2, -0.15) is 10.2 Å². The highest BCUT2D eigenvalue weighted by atomic mass is 35.5. The van der Waals surface area contributed by atoms with Crippen LogP contribution < -0.4 is 9.47 Å². The molecule has 2 aliphatic carbocycles. The van der Waals surface area contributed by atoms with Crippen molar-refractivity contribution in [3.05, 3.63) is 82.8 Å². The molecule has 12 nitrogen and oxygen atoms in total. The third-order valence-corrected chi connectivity index (χ3v) is 13.8. The average Bonchev–Trinajstić information content (AvgIpc) is 3.97. The van der Waals surface area contributed by atoms with E-state index in [4.69, 9.17) is 58.8 Å². The summed E-state index contributed by atoms with van der Waals surface area (Å²) in [6.45, 7) is 20.8. The molecule has 316 valence electrons. The number of hydrogen-bond donors (Lipinski definition) is 0. The Balaban J connectivity index is 0.000000171. The normalized spacial score (nSPS) is 15.2. The van der Waals surface area contributed by atoms with Crippen molar-refractivity contribution in [2.45, 2.75) is 116 Å². The van der Waals surface area contributed by atoms with Crippen molar-refractivity contribution in [3.8, 4) is 22.9 Å². The van der Waals surface area contributed by atoms with Crippen LogP contribution in [0.1, 0.15) is 39.5 Å². The number of hydrogen-bond acceptors (Lipinski definition) is 10. The van der Waals surface area contributed by atoms with E-state index in [1.54, 1.807) is 6.07 Å². The molecule has 0 N–H and O–H groups in total. The van der Waals surface area contributed by atoms with E-state index < -0.39 is 16.1 Å². The number of halogens is 3. The summed E-state index contributed by atoms with van der Waals surface area (Å²) in [5, 5.41) is 12.5. The van der Waals surface area contributed by atoms with Gasteiger partial charge in [0, 0.05) is 58.5 Å². The second kappa shape index (κ2) is 19.0. The highest BCUT2D eigenvalue weighted by molar-refractivity contribution is 6.76. The molecule has 0 bridgehead atoms. The quantitative estimate of drug-likeness (QED) is 0.0559. The Morgan fingerprint density at radius 2 is 1.15 bits per heavy atom. The van der Waals surface area contributed by atoms with Crippen LogP contribution in [0.5, 0.6) is 11.5 Å². The van der Waals surface area contributed by atoms with E-state index in [1.165, 1.54) is 24.8 Å². The van der Waals surface area contributed by atoms with Gasteiger partial charge in [0.25, 0.3) is 0 Å². The van der Waals surface area contributed by atoms with Gasteiger partial charge >= 0.3 is 0 Å². The van der Waals surface area contributed by atoms with Crippen molar-refractivity contribution in [1.82, 2.24) is 39.5 Å². The Morgan fingerprint density at radius 1 is 0.627 bits per heavy atom. The monoisotopic (exact) mass is 896 g/mol. The molecule has 0 saturated heterocycles. The minimum atomic E-state index is -1.15. The first kappa shape index (κ1) is 44.9. The summed E-state index contributed by atoms with van der Waals surface area (Å²) >= 11 is 17.0. The van der Waals surface area contributed by atoms with Crippen molar-refractivity contribution in [2.75, 3.05) is 13.2 Å². The third kappa shape index (κ3) is 14.2. The SMILES string of the molecule is CC1(Oc2ccc3nn(COCC[Si](C)(C)C)c(-c4cc(Cl)ncn4)c3c2)CC1.CC1(Oc2ccc3nn(COCC[Si](C)(C)C)cc3c2)CC1.Clc1cc(Cl)ncn1. The van der Waals surface area contributed by atoms with Gasteiger partial charge in [0.15, 0.2) is 0 Å². The van der Waals surface area contributed by atoms with E-state index in [-0.39, 0.29) is 11.2 Å². The Hall–Kier alpha value is -3.64. The first-order valence-electron chi connectivity index (χ1n) is 20.0. The number of rotatable bonds is 15. The van der Waals surface area contributed by atoms with Crippen molar-refractivity contribution in [1.29, 1.82) is 0 Å². The number of benzene rings is 2. The molecule has 8 rings (SSSR count). The molecule has 17 heteroatoms. The molecule has 4 aromatic heterocycles. The van der Waals surface area contributed by atoms with E-state index in [0.29, 0.717) is 28.9 Å². The summed E-state index contributed by atoms with van der Waals surface area (Å²) in [6, 6.07) is 17.6. The van der Waals surface area contributed by atoms with Crippen LogP contribution in [0.25, 0.3) is 33.2 Å². The molecule has 59 heavy (non-hydrogen) atoms. The third-order valence-electron chi connectivity index (χ3n) is 9.78. The Morgan fingerprint density at radius 3 is 1.68 bits per heavy atom. The fourth-order valence-corrected chi connectivity index (χ4v) is 7.70. The summed E-state index contributed by atoms with van der Waals surface area (Å²) in [4.78, 5) is 15.7. The molecule has 0 radical (unpaired) electrons. The maximum Gasteiger partial charge on any atom is 0.140 e. The van der Waals surface area contributed by atoms with E-state index in [1.807, 2.05) is 45.9 Å². The molecule has 0 aliphatic heterocycles. The van der Waals surface area contributed by atoms with Gasteiger partial charge in [-0.15, -0.1) is 0 Å². The standard InChI is InChI=1S/C21H27ClN4O2Si.C17H26N2O2Si.C4H2Cl2N2/c1-21(7-8-21)28-15-5-6-17-16(11-15)20(18-12-19(22)24-13-23-18)26(25-17)14-27-9-10-29(2,3)4;1-17(7-8-17)21-15-5-6-16-14(11-15)12-19(18-16)13-20-9-10-22(2,3)4;5-3-1-4(6)8-2-7-3/h5-6,11-13H,7-10,14H2,1-4H3;5-6,11-12H,7-10,13H2,1-4H3;1-2H. The molecule has 2 aromatic carbocycles. The molecular formula is C42H55Cl3N8O4Si2. The lowest BCUT2D eigenvalue weighted by molar-refractivity contribution is 0.0791. The second-order valence-corrected chi connectivity index (χ2v) is 30.5. The van der Waals surface area contributed by atoms with Crippen LogP contribution in [0.3, 0.4) is 0 Å². The lowest BCUT2D eigenvalue weighted by Crippen LogP contribution is -2.22. The van der Waals surface area contributed by atoms with E-state index in [0.717, 1.165) is 89.6 Å². The largest absolute Gasteiger partial charge is 0.488 e. The molecular weight excluding hydrogens is 843 g/mol. The summed E-state index contributed by atoms with van der Waals surface area (Å²) in [5.41, 5.74) is 3.46. The van der Waals surface area contributed by atoms with Crippen LogP contribution in [-0.4, -0.2) is 80.1 Å². The molecule has 6 aromatic rings. The lowest BCUT2D eigenvalue weighted by atomic mass is 10.1. The lowest BCUT2D eigenvalue weighted by Gasteiger charge is -2.16. The molecule has 2 aliphatic rings. The van der Waals surface area contributed by atoms with Crippen LogP contribution in [-0.2, 0) is 22.9 Å². The first-order valence-corrected chi connectivity index (χ1v) is 28.5. The van der Waals surface area contributed by atoms with Gasteiger partial charge in [-0.1, -0.05) is 74.1 Å². The zero-order valence-electron chi connectivity index (χ0n) is 35.3. The number of ether oxygens (including phenoxy) is 4. The van der Waals surface area contributed by atoms with Gasteiger partial charge in [0.2, 0.25) is 0 Å². The minimum Gasteiger partial charge on any atom is -0.488 e. The average molecular weight is 898 g/mol. The van der Waals surface area contributed by atoms with Crippen molar-refractivity contribution in [2.24, 2.45) is 0 Å². The molecule has 2 fully saturated rings. The van der Waals surface area contributed by atoms with Gasteiger partial charge in [-0.3, -0.25) is 0 Å². The number of aromatic nitrogens is 8. The predicted molar refractivity (Wildman–Crippen MR) is 242 cm³/mol. The Labute approximate surface area is 363 Å². The number of nitrogens with zero attached hydrogens (tertiary/aromatic N) is 8. The topological polar surface area (TPSA) is 124 Å². The van der Waals surface area contributed by atoms with E-state index in [2.05, 4.69) is 84.2 Å². The first-order chi connectivity index (χ1) is 27.8. The minimum absolute atomic E-state index is 0.0397. The second-order valence-electron chi connectivity index (χ2n) is 18.1. The molecule has 4 heterocycles. The van der Waals surface area contributed by atoms with Crippen LogP contribution in [0.15, 0.2) is 67.4 Å². The van der Waals surface area contributed by atoms with Gasteiger partial charge < -0.3 is 18.9 Å². The highest BCUT2D eigenvalue weighted by Crippen LogP contribution is 2.41. The van der Waals surface area contributed by atoms with Crippen molar-refractivity contribution < 1.29 is 18.9 Å². The molecule has 0 spiro atoms. The maximum absolute atomic E-state index is 6.16. The van der Waals surface area contributed by atoms with Crippen LogP contribution in [0.2, 0.25) is 66.8 Å². The fourth-order valence-electron chi connectivity index (χ4n) is 5.69. The molecule has 0 atom stereocenters. The van der Waals surface area contributed by atoms with Gasteiger partial charge in [-0.25, -0.2) is 29.3 Å².